The second kappa shape index (κ2) is 6.55. The van der Waals surface area contributed by atoms with Crippen LogP contribution >= 0.6 is 0 Å². The fourth-order valence-corrected chi connectivity index (χ4v) is 2.43. The normalized spacial score (nSPS) is 15.6. The van der Waals surface area contributed by atoms with Crippen LogP contribution in [0.15, 0.2) is 30.7 Å². The van der Waals surface area contributed by atoms with Gasteiger partial charge >= 0.3 is 0 Å². The molecular formula is C15H17FN4O2. The lowest BCUT2D eigenvalue weighted by molar-refractivity contribution is 0.156. The van der Waals surface area contributed by atoms with Gasteiger partial charge in [-0.25, -0.2) is 19.3 Å². The molecule has 0 saturated carbocycles. The summed E-state index contributed by atoms with van der Waals surface area (Å²) in [6.07, 6.45) is 4.54. The highest BCUT2D eigenvalue weighted by Gasteiger charge is 2.23. The molecule has 116 valence electrons. The minimum absolute atomic E-state index is 0.0376. The molecule has 22 heavy (non-hydrogen) atoms. The van der Waals surface area contributed by atoms with E-state index in [0.717, 1.165) is 31.7 Å². The van der Waals surface area contributed by atoms with Crippen LogP contribution in [0.1, 0.15) is 12.8 Å². The Balaban J connectivity index is 1.59. The highest BCUT2D eigenvalue weighted by Crippen LogP contribution is 2.23. The molecule has 0 amide bonds. The highest BCUT2D eigenvalue weighted by molar-refractivity contribution is 5.41. The van der Waals surface area contributed by atoms with E-state index in [0.29, 0.717) is 5.88 Å². The minimum atomic E-state index is -0.425. The molecule has 2 aromatic rings. The number of rotatable bonds is 4. The number of anilines is 1. The Morgan fingerprint density at radius 3 is 2.77 bits per heavy atom. The summed E-state index contributed by atoms with van der Waals surface area (Å²) in [7, 11) is 1.58. The van der Waals surface area contributed by atoms with Gasteiger partial charge in [-0.15, -0.1) is 0 Å². The summed E-state index contributed by atoms with van der Waals surface area (Å²) in [6, 6.07) is 4.71. The van der Waals surface area contributed by atoms with Gasteiger partial charge in [0.1, 0.15) is 18.2 Å². The molecule has 0 spiro atoms. The van der Waals surface area contributed by atoms with Gasteiger partial charge in [0, 0.05) is 38.2 Å². The van der Waals surface area contributed by atoms with Gasteiger partial charge in [0.25, 0.3) is 5.88 Å². The Hall–Kier alpha value is -2.44. The van der Waals surface area contributed by atoms with Gasteiger partial charge in [0.15, 0.2) is 5.82 Å². The zero-order valence-electron chi connectivity index (χ0n) is 12.3. The molecule has 0 unspecified atom stereocenters. The van der Waals surface area contributed by atoms with Gasteiger partial charge in [0.05, 0.1) is 7.11 Å². The maximum absolute atomic E-state index is 13.5. The first-order valence-corrected chi connectivity index (χ1v) is 7.14. The van der Waals surface area contributed by atoms with Crippen LogP contribution in [0, 0.1) is 5.82 Å². The Morgan fingerprint density at radius 2 is 2.05 bits per heavy atom. The van der Waals surface area contributed by atoms with Crippen LogP contribution in [0.2, 0.25) is 0 Å². The summed E-state index contributed by atoms with van der Waals surface area (Å²) < 4.78 is 24.3. The molecule has 0 aromatic carbocycles. The van der Waals surface area contributed by atoms with E-state index in [4.69, 9.17) is 9.47 Å². The van der Waals surface area contributed by atoms with Gasteiger partial charge in [-0.05, 0) is 12.1 Å². The predicted molar refractivity (Wildman–Crippen MR) is 78.6 cm³/mol. The van der Waals surface area contributed by atoms with E-state index >= 15 is 0 Å². The molecular weight excluding hydrogens is 287 g/mol. The van der Waals surface area contributed by atoms with Crippen LogP contribution in [-0.4, -0.2) is 41.3 Å². The van der Waals surface area contributed by atoms with Crippen LogP contribution in [-0.2, 0) is 0 Å². The zero-order valence-corrected chi connectivity index (χ0v) is 12.3. The van der Waals surface area contributed by atoms with Crippen molar-refractivity contribution in [3.63, 3.8) is 0 Å². The lowest BCUT2D eigenvalue weighted by Crippen LogP contribution is -2.38. The topological polar surface area (TPSA) is 60.4 Å². The average Bonchev–Trinajstić information content (AvgIpc) is 2.58. The molecule has 7 heteroatoms. The summed E-state index contributed by atoms with van der Waals surface area (Å²) in [5, 5.41) is 0. The van der Waals surface area contributed by atoms with Crippen molar-refractivity contribution in [2.24, 2.45) is 0 Å². The smallest absolute Gasteiger partial charge is 0.250 e. The van der Waals surface area contributed by atoms with E-state index in [9.17, 15) is 4.39 Å². The Kier molecular flexibility index (Phi) is 4.32. The van der Waals surface area contributed by atoms with Gasteiger partial charge in [-0.3, -0.25) is 0 Å². The van der Waals surface area contributed by atoms with Crippen molar-refractivity contribution in [3.8, 4) is 11.8 Å². The van der Waals surface area contributed by atoms with E-state index in [-0.39, 0.29) is 12.0 Å². The molecule has 1 saturated heterocycles. The fourth-order valence-electron chi connectivity index (χ4n) is 2.43. The number of aromatic nitrogens is 3. The second-order valence-electron chi connectivity index (χ2n) is 5.01. The van der Waals surface area contributed by atoms with E-state index in [2.05, 4.69) is 19.9 Å². The molecule has 0 atom stereocenters. The van der Waals surface area contributed by atoms with Crippen LogP contribution in [0.25, 0.3) is 0 Å². The quantitative estimate of drug-likeness (QED) is 0.862. The molecule has 3 heterocycles. The largest absolute Gasteiger partial charge is 0.481 e. The summed E-state index contributed by atoms with van der Waals surface area (Å²) in [6.45, 7) is 1.55. The minimum Gasteiger partial charge on any atom is -0.481 e. The second-order valence-corrected chi connectivity index (χ2v) is 5.01. The van der Waals surface area contributed by atoms with Crippen molar-refractivity contribution < 1.29 is 13.9 Å². The fraction of sp³-hybridized carbons (Fsp3) is 0.400. The summed E-state index contributed by atoms with van der Waals surface area (Å²) in [5.74, 6) is 1.02. The number of methoxy groups -OCH3 is 1. The Bertz CT molecular complexity index is 632. The van der Waals surface area contributed by atoms with E-state index < -0.39 is 5.82 Å². The van der Waals surface area contributed by atoms with Gasteiger partial charge < -0.3 is 14.4 Å². The van der Waals surface area contributed by atoms with Crippen LogP contribution in [0.5, 0.6) is 11.8 Å². The SMILES string of the molecule is COc1cc(N2CCC(Oc3ncccc3F)CC2)ncn1. The summed E-state index contributed by atoms with van der Waals surface area (Å²) >= 11 is 0. The van der Waals surface area contributed by atoms with Crippen molar-refractivity contribution in [3.05, 3.63) is 36.5 Å². The first-order chi connectivity index (χ1) is 10.8. The number of hydrogen-bond acceptors (Lipinski definition) is 6. The average molecular weight is 304 g/mol. The molecule has 3 rings (SSSR count). The van der Waals surface area contributed by atoms with Crippen molar-refractivity contribution in [2.45, 2.75) is 18.9 Å². The van der Waals surface area contributed by atoms with Gasteiger partial charge in [-0.2, -0.15) is 0 Å². The van der Waals surface area contributed by atoms with Crippen LogP contribution in [0.4, 0.5) is 10.2 Å². The number of nitrogens with zero attached hydrogens (tertiary/aromatic N) is 4. The van der Waals surface area contributed by atoms with Gasteiger partial charge in [0.2, 0.25) is 5.88 Å². The molecule has 1 aliphatic heterocycles. The number of pyridine rings is 1. The van der Waals surface area contributed by atoms with Crippen molar-refractivity contribution in [1.29, 1.82) is 0 Å². The lowest BCUT2D eigenvalue weighted by Gasteiger charge is -2.32. The first kappa shape index (κ1) is 14.5. The molecule has 1 aliphatic rings. The number of piperidine rings is 1. The highest BCUT2D eigenvalue weighted by atomic mass is 19.1. The predicted octanol–water partition coefficient (Wildman–Crippen LogP) is 2.07. The standard InChI is InChI=1S/C15H17FN4O2/c1-21-14-9-13(18-10-19-14)20-7-4-11(5-8-20)22-15-12(16)3-2-6-17-15/h2-3,6,9-11H,4-5,7-8H2,1H3. The number of ether oxygens (including phenoxy) is 2. The molecule has 0 radical (unpaired) electrons. The zero-order chi connectivity index (χ0) is 15.4. The van der Waals surface area contributed by atoms with Crippen LogP contribution in [0.3, 0.4) is 0 Å². The molecule has 1 fully saturated rings. The Morgan fingerprint density at radius 1 is 1.23 bits per heavy atom. The molecule has 6 nitrogen and oxygen atoms in total. The summed E-state index contributed by atoms with van der Waals surface area (Å²) in [4.78, 5) is 14.3. The van der Waals surface area contributed by atoms with E-state index in [1.807, 2.05) is 0 Å². The number of halogens is 1. The van der Waals surface area contributed by atoms with E-state index in [1.54, 1.807) is 19.2 Å². The van der Waals surface area contributed by atoms with E-state index in [1.165, 1.54) is 18.6 Å². The third-order valence-electron chi connectivity index (χ3n) is 3.61. The van der Waals surface area contributed by atoms with Crippen molar-refractivity contribution in [2.75, 3.05) is 25.1 Å². The summed E-state index contributed by atoms with van der Waals surface area (Å²) in [5.41, 5.74) is 0. The van der Waals surface area contributed by atoms with Crippen molar-refractivity contribution in [1.82, 2.24) is 15.0 Å². The molecule has 0 N–H and O–H groups in total. The number of hydrogen-bond donors (Lipinski definition) is 0. The molecule has 2 aromatic heterocycles. The Labute approximate surface area is 127 Å². The molecule has 0 aliphatic carbocycles. The van der Waals surface area contributed by atoms with Crippen molar-refractivity contribution >= 4 is 5.82 Å². The first-order valence-electron chi connectivity index (χ1n) is 7.14. The lowest BCUT2D eigenvalue weighted by atomic mass is 10.1. The third kappa shape index (κ3) is 3.24. The third-order valence-corrected chi connectivity index (χ3v) is 3.61. The maximum Gasteiger partial charge on any atom is 0.250 e. The van der Waals surface area contributed by atoms with Gasteiger partial charge in [-0.1, -0.05) is 0 Å². The molecule has 0 bridgehead atoms. The maximum atomic E-state index is 13.5. The van der Waals surface area contributed by atoms with Crippen LogP contribution < -0.4 is 14.4 Å². The monoisotopic (exact) mass is 304 g/mol.